The van der Waals surface area contributed by atoms with Crippen LogP contribution in [0, 0.1) is 6.92 Å². The summed E-state index contributed by atoms with van der Waals surface area (Å²) in [5, 5.41) is 4.65. The van der Waals surface area contributed by atoms with E-state index in [1.807, 2.05) is 57.2 Å². The zero-order valence-electron chi connectivity index (χ0n) is 16.7. The minimum Gasteiger partial charge on any atom is -0.464 e. The Kier molecular flexibility index (Phi) is 4.97. The summed E-state index contributed by atoms with van der Waals surface area (Å²) in [7, 11) is 0. The molecule has 4 aromatic rings. The van der Waals surface area contributed by atoms with Crippen molar-refractivity contribution in [2.45, 2.75) is 39.7 Å². The van der Waals surface area contributed by atoms with Crippen LogP contribution in [0.15, 0.2) is 62.4 Å². The molecule has 1 atom stereocenters. The topological polar surface area (TPSA) is 72.5 Å². The highest BCUT2D eigenvalue weighted by atomic mass is 16.4. The Morgan fingerprint density at radius 1 is 1.10 bits per heavy atom. The number of fused-ring (bicyclic) bond motifs is 2. The summed E-state index contributed by atoms with van der Waals surface area (Å²) in [5.74, 6) is -0.177. The molecule has 0 spiro atoms. The number of hydrogen-bond acceptors (Lipinski definition) is 4. The molecule has 0 unspecified atom stereocenters. The number of amides is 1. The summed E-state index contributed by atoms with van der Waals surface area (Å²) in [6.45, 7) is 5.80. The van der Waals surface area contributed by atoms with Gasteiger partial charge in [0.25, 0.3) is 0 Å². The first-order valence-electron chi connectivity index (χ1n) is 9.80. The van der Waals surface area contributed by atoms with E-state index in [1.165, 1.54) is 0 Å². The Morgan fingerprint density at radius 2 is 1.86 bits per heavy atom. The number of carbonyl (C=O) groups excluding carboxylic acids is 1. The first-order chi connectivity index (χ1) is 14.0. The Morgan fingerprint density at radius 3 is 2.59 bits per heavy atom. The van der Waals surface area contributed by atoms with Crippen LogP contribution in [0.4, 0.5) is 0 Å². The Hall–Kier alpha value is -3.34. The summed E-state index contributed by atoms with van der Waals surface area (Å²) in [6, 6.07) is 13.8. The maximum Gasteiger partial charge on any atom is 0.340 e. The van der Waals surface area contributed by atoms with Gasteiger partial charge in [-0.2, -0.15) is 0 Å². The summed E-state index contributed by atoms with van der Waals surface area (Å²) >= 11 is 0. The number of rotatable bonds is 5. The smallest absolute Gasteiger partial charge is 0.340 e. The van der Waals surface area contributed by atoms with Gasteiger partial charge in [0.05, 0.1) is 18.2 Å². The van der Waals surface area contributed by atoms with E-state index < -0.39 is 5.63 Å². The van der Waals surface area contributed by atoms with Crippen molar-refractivity contribution < 1.29 is 13.6 Å². The fraction of sp³-hybridized carbons (Fsp3) is 0.250. The van der Waals surface area contributed by atoms with Gasteiger partial charge in [-0.05, 0) is 37.5 Å². The van der Waals surface area contributed by atoms with Gasteiger partial charge in [0.15, 0.2) is 0 Å². The van der Waals surface area contributed by atoms with Crippen molar-refractivity contribution in [2.75, 3.05) is 0 Å². The van der Waals surface area contributed by atoms with Crippen LogP contribution in [0.25, 0.3) is 33.1 Å². The minimum atomic E-state index is -0.483. The zero-order valence-corrected chi connectivity index (χ0v) is 16.7. The Labute approximate surface area is 168 Å². The monoisotopic (exact) mass is 389 g/mol. The lowest BCUT2D eigenvalue weighted by Crippen LogP contribution is -2.34. The zero-order chi connectivity index (χ0) is 20.5. The van der Waals surface area contributed by atoms with Crippen LogP contribution < -0.4 is 10.9 Å². The molecule has 0 fully saturated rings. The highest BCUT2D eigenvalue weighted by Crippen LogP contribution is 2.34. The molecular weight excluding hydrogens is 366 g/mol. The molecule has 1 amide bonds. The van der Waals surface area contributed by atoms with Gasteiger partial charge in [-0.1, -0.05) is 37.3 Å². The Balaban J connectivity index is 1.82. The van der Waals surface area contributed by atoms with Gasteiger partial charge in [0.1, 0.15) is 11.2 Å². The van der Waals surface area contributed by atoms with Gasteiger partial charge in [0.2, 0.25) is 5.91 Å². The fourth-order valence-corrected chi connectivity index (χ4v) is 3.54. The first-order valence-corrected chi connectivity index (χ1v) is 9.80. The molecule has 0 bridgehead atoms. The number of carbonyl (C=O) groups is 1. The van der Waals surface area contributed by atoms with Crippen LogP contribution in [0.2, 0.25) is 0 Å². The number of hydrogen-bond donors (Lipinski definition) is 1. The molecule has 0 saturated heterocycles. The fourth-order valence-electron chi connectivity index (χ4n) is 3.54. The highest BCUT2D eigenvalue weighted by Gasteiger charge is 2.18. The molecule has 4 rings (SSSR count). The highest BCUT2D eigenvalue weighted by molar-refractivity contribution is 6.02. The normalized spacial score (nSPS) is 12.4. The van der Waals surface area contributed by atoms with Crippen LogP contribution in [-0.4, -0.2) is 11.9 Å². The molecule has 2 heterocycles. The summed E-state index contributed by atoms with van der Waals surface area (Å²) in [4.78, 5) is 24.9. The summed E-state index contributed by atoms with van der Waals surface area (Å²) in [5.41, 5.74) is 3.81. The maximum atomic E-state index is 12.5. The van der Waals surface area contributed by atoms with E-state index in [0.717, 1.165) is 33.9 Å². The minimum absolute atomic E-state index is 0.00339. The second-order valence-electron chi connectivity index (χ2n) is 7.41. The Bertz CT molecular complexity index is 1250. The second kappa shape index (κ2) is 7.59. The summed E-state index contributed by atoms with van der Waals surface area (Å²) < 4.78 is 11.2. The average molecular weight is 389 g/mol. The van der Waals surface area contributed by atoms with Crippen molar-refractivity contribution >= 4 is 27.8 Å². The average Bonchev–Trinajstić information content (AvgIpc) is 3.13. The number of benzene rings is 2. The molecule has 0 aliphatic carbocycles. The van der Waals surface area contributed by atoms with Crippen LogP contribution in [-0.2, 0) is 11.2 Å². The van der Waals surface area contributed by atoms with E-state index in [4.69, 9.17) is 8.83 Å². The molecule has 5 nitrogen and oxygen atoms in total. The van der Waals surface area contributed by atoms with Crippen LogP contribution in [0.3, 0.4) is 0 Å². The molecular formula is C24H23NO4. The SMILES string of the molecule is CC[C@@H](C)NC(=O)Cc1c(C)c2cc3c(-c4ccccc4)coc3cc2oc1=O. The molecule has 0 radical (unpaired) electrons. The molecule has 2 aromatic carbocycles. The van der Waals surface area contributed by atoms with Crippen molar-refractivity contribution in [1.29, 1.82) is 0 Å². The molecule has 2 aromatic heterocycles. The lowest BCUT2D eigenvalue weighted by Gasteiger charge is -2.12. The van der Waals surface area contributed by atoms with Crippen LogP contribution in [0.5, 0.6) is 0 Å². The molecule has 29 heavy (non-hydrogen) atoms. The number of nitrogens with one attached hydrogen (secondary N) is 1. The van der Waals surface area contributed by atoms with Crippen molar-refractivity contribution in [3.63, 3.8) is 0 Å². The van der Waals surface area contributed by atoms with Crippen LogP contribution >= 0.6 is 0 Å². The van der Waals surface area contributed by atoms with E-state index in [9.17, 15) is 9.59 Å². The van der Waals surface area contributed by atoms with E-state index in [2.05, 4.69) is 5.32 Å². The van der Waals surface area contributed by atoms with Gasteiger partial charge in [-0.3, -0.25) is 4.79 Å². The van der Waals surface area contributed by atoms with Gasteiger partial charge in [-0.15, -0.1) is 0 Å². The number of aryl methyl sites for hydroxylation is 1. The third-order valence-corrected chi connectivity index (χ3v) is 5.42. The maximum absolute atomic E-state index is 12.5. The van der Waals surface area contributed by atoms with E-state index in [0.29, 0.717) is 16.7 Å². The third-order valence-electron chi connectivity index (χ3n) is 5.42. The van der Waals surface area contributed by atoms with E-state index in [-0.39, 0.29) is 18.4 Å². The van der Waals surface area contributed by atoms with Gasteiger partial charge < -0.3 is 14.2 Å². The molecule has 148 valence electrons. The van der Waals surface area contributed by atoms with E-state index >= 15 is 0 Å². The molecule has 0 aliphatic rings. The van der Waals surface area contributed by atoms with Crippen molar-refractivity contribution in [3.05, 3.63) is 70.3 Å². The predicted molar refractivity (Wildman–Crippen MR) is 114 cm³/mol. The molecule has 0 saturated carbocycles. The van der Waals surface area contributed by atoms with Crippen molar-refractivity contribution in [3.8, 4) is 11.1 Å². The van der Waals surface area contributed by atoms with Gasteiger partial charge in [-0.25, -0.2) is 4.79 Å². The lowest BCUT2D eigenvalue weighted by molar-refractivity contribution is -0.121. The van der Waals surface area contributed by atoms with E-state index in [1.54, 1.807) is 12.3 Å². The second-order valence-corrected chi connectivity index (χ2v) is 7.41. The van der Waals surface area contributed by atoms with Crippen molar-refractivity contribution in [1.82, 2.24) is 5.32 Å². The molecule has 0 aliphatic heterocycles. The largest absolute Gasteiger partial charge is 0.464 e. The molecule has 1 N–H and O–H groups in total. The standard InChI is InChI=1S/C24H23NO4/c1-4-14(2)25-23(26)11-18-15(3)17-10-19-20(16-8-6-5-7-9-16)13-28-21(19)12-22(17)29-24(18)27/h5-10,12-14H,4,11H2,1-3H3,(H,25,26)/t14-/m1/s1. The van der Waals surface area contributed by atoms with Crippen molar-refractivity contribution in [2.24, 2.45) is 0 Å². The quantitative estimate of drug-likeness (QED) is 0.489. The van der Waals surface area contributed by atoms with Gasteiger partial charge >= 0.3 is 5.63 Å². The summed E-state index contributed by atoms with van der Waals surface area (Å²) in [6.07, 6.45) is 2.55. The first kappa shape index (κ1) is 19.0. The molecule has 5 heteroatoms. The lowest BCUT2D eigenvalue weighted by atomic mass is 9.99. The van der Waals surface area contributed by atoms with Crippen LogP contribution in [0.1, 0.15) is 31.4 Å². The predicted octanol–water partition coefficient (Wildman–Crippen LogP) is 4.97. The van der Waals surface area contributed by atoms with Gasteiger partial charge in [0, 0.05) is 28.4 Å². The third kappa shape index (κ3) is 3.56. The number of furan rings is 1.